The standard InChI is InChI=1S/C14H7ClF6O3S/c15-25(22,23)12-6-3-9(7-11(12)13(16,17)18)8-1-4-10(5-2-8)24-14(19,20)21/h1-7H. The minimum absolute atomic E-state index is 0.0602. The highest BCUT2D eigenvalue weighted by atomic mass is 35.7. The molecule has 0 aliphatic rings. The molecule has 3 nitrogen and oxygen atoms in total. The zero-order valence-electron chi connectivity index (χ0n) is 11.8. The Kier molecular flexibility index (Phi) is 4.97. The molecule has 25 heavy (non-hydrogen) atoms. The van der Waals surface area contributed by atoms with Crippen molar-refractivity contribution in [2.24, 2.45) is 0 Å². The van der Waals surface area contributed by atoms with Gasteiger partial charge in [0, 0.05) is 10.7 Å². The van der Waals surface area contributed by atoms with Crippen LogP contribution in [0.25, 0.3) is 11.1 Å². The lowest BCUT2D eigenvalue weighted by Gasteiger charge is -2.13. The second-order valence-electron chi connectivity index (χ2n) is 4.72. The molecule has 11 heteroatoms. The van der Waals surface area contributed by atoms with Gasteiger partial charge in [0.25, 0.3) is 9.05 Å². The van der Waals surface area contributed by atoms with Gasteiger partial charge in [-0.15, -0.1) is 13.2 Å². The van der Waals surface area contributed by atoms with Gasteiger partial charge in [-0.25, -0.2) is 8.42 Å². The molecule has 0 N–H and O–H groups in total. The van der Waals surface area contributed by atoms with Crippen LogP contribution in [-0.2, 0) is 15.2 Å². The number of hydrogen-bond donors (Lipinski definition) is 0. The quantitative estimate of drug-likeness (QED) is 0.522. The average molecular weight is 405 g/mol. The molecule has 0 aliphatic heterocycles. The SMILES string of the molecule is O=S(=O)(Cl)c1ccc(-c2ccc(OC(F)(F)F)cc2)cc1C(F)(F)F. The van der Waals surface area contributed by atoms with Gasteiger partial charge in [0.1, 0.15) is 5.75 Å². The van der Waals surface area contributed by atoms with Crippen LogP contribution >= 0.6 is 10.7 Å². The molecule has 0 aliphatic carbocycles. The highest BCUT2D eigenvalue weighted by Crippen LogP contribution is 2.38. The summed E-state index contributed by atoms with van der Waals surface area (Å²) < 4.78 is 102. The number of benzene rings is 2. The smallest absolute Gasteiger partial charge is 0.406 e. The average Bonchev–Trinajstić information content (AvgIpc) is 2.44. The Morgan fingerprint density at radius 3 is 1.80 bits per heavy atom. The van der Waals surface area contributed by atoms with Crippen LogP contribution < -0.4 is 4.74 Å². The minimum Gasteiger partial charge on any atom is -0.406 e. The van der Waals surface area contributed by atoms with E-state index in [4.69, 9.17) is 10.7 Å². The summed E-state index contributed by atoms with van der Waals surface area (Å²) in [6, 6.07) is 6.33. The normalized spacial score (nSPS) is 12.9. The van der Waals surface area contributed by atoms with Crippen molar-refractivity contribution in [3.05, 3.63) is 48.0 Å². The van der Waals surface area contributed by atoms with Gasteiger partial charge in [-0.1, -0.05) is 18.2 Å². The first-order valence-electron chi connectivity index (χ1n) is 6.29. The fourth-order valence-electron chi connectivity index (χ4n) is 1.99. The van der Waals surface area contributed by atoms with E-state index in [9.17, 15) is 34.8 Å². The summed E-state index contributed by atoms with van der Waals surface area (Å²) in [6.45, 7) is 0. The Labute approximate surface area is 142 Å². The Morgan fingerprint density at radius 1 is 0.840 bits per heavy atom. The van der Waals surface area contributed by atoms with E-state index in [0.717, 1.165) is 30.3 Å². The van der Waals surface area contributed by atoms with E-state index in [-0.39, 0.29) is 11.1 Å². The molecule has 0 fully saturated rings. The zero-order chi connectivity index (χ0) is 19.0. The Balaban J connectivity index is 2.47. The van der Waals surface area contributed by atoms with Crippen LogP contribution in [-0.4, -0.2) is 14.8 Å². The van der Waals surface area contributed by atoms with Crippen molar-refractivity contribution in [2.45, 2.75) is 17.4 Å². The maximum atomic E-state index is 13.1. The van der Waals surface area contributed by atoms with Crippen LogP contribution in [0.2, 0.25) is 0 Å². The lowest BCUT2D eigenvalue weighted by molar-refractivity contribution is -0.274. The van der Waals surface area contributed by atoms with Crippen LogP contribution in [0.4, 0.5) is 26.3 Å². The Morgan fingerprint density at radius 2 is 1.36 bits per heavy atom. The van der Waals surface area contributed by atoms with Crippen LogP contribution in [0.1, 0.15) is 5.56 Å². The van der Waals surface area contributed by atoms with Crippen LogP contribution in [0.5, 0.6) is 5.75 Å². The number of rotatable bonds is 3. The highest BCUT2D eigenvalue weighted by Gasteiger charge is 2.37. The van der Waals surface area contributed by atoms with E-state index >= 15 is 0 Å². The number of halogens is 7. The summed E-state index contributed by atoms with van der Waals surface area (Å²) in [5.74, 6) is -0.549. The fourth-order valence-corrected chi connectivity index (χ4v) is 3.06. The van der Waals surface area contributed by atoms with Gasteiger partial charge in [0.05, 0.1) is 10.5 Å². The first-order valence-corrected chi connectivity index (χ1v) is 8.60. The van der Waals surface area contributed by atoms with Gasteiger partial charge >= 0.3 is 12.5 Å². The molecule has 0 saturated heterocycles. The summed E-state index contributed by atoms with van der Waals surface area (Å²) in [5, 5.41) is 0. The molecule has 2 rings (SSSR count). The molecule has 0 atom stereocenters. The van der Waals surface area contributed by atoms with Crippen LogP contribution in [0.3, 0.4) is 0 Å². The summed E-state index contributed by atoms with van der Waals surface area (Å²) in [4.78, 5) is -1.11. The van der Waals surface area contributed by atoms with Crippen molar-refractivity contribution in [2.75, 3.05) is 0 Å². The molecule has 0 aromatic heterocycles. The maximum absolute atomic E-state index is 13.1. The Bertz CT molecular complexity index is 873. The molecule has 2 aromatic rings. The van der Waals surface area contributed by atoms with E-state index in [1.54, 1.807) is 0 Å². The predicted molar refractivity (Wildman–Crippen MR) is 76.6 cm³/mol. The number of ether oxygens (including phenoxy) is 1. The van der Waals surface area contributed by atoms with Crippen molar-refractivity contribution in [1.29, 1.82) is 0 Å². The Hall–Kier alpha value is -1.94. The van der Waals surface area contributed by atoms with E-state index in [0.29, 0.717) is 12.1 Å². The largest absolute Gasteiger partial charge is 0.573 e. The van der Waals surface area contributed by atoms with E-state index in [1.807, 2.05) is 0 Å². The van der Waals surface area contributed by atoms with Gasteiger partial charge in [-0.3, -0.25) is 0 Å². The van der Waals surface area contributed by atoms with Crippen LogP contribution in [0.15, 0.2) is 47.4 Å². The molecular weight excluding hydrogens is 398 g/mol. The van der Waals surface area contributed by atoms with Gasteiger partial charge < -0.3 is 4.74 Å². The molecule has 0 bridgehead atoms. The first kappa shape index (κ1) is 19.4. The fraction of sp³-hybridized carbons (Fsp3) is 0.143. The van der Waals surface area contributed by atoms with Crippen molar-refractivity contribution in [1.82, 2.24) is 0 Å². The summed E-state index contributed by atoms with van der Waals surface area (Å²) in [6.07, 6.45) is -9.89. The van der Waals surface area contributed by atoms with E-state index in [2.05, 4.69) is 4.74 Å². The van der Waals surface area contributed by atoms with E-state index in [1.165, 1.54) is 0 Å². The third-order valence-corrected chi connectivity index (χ3v) is 4.35. The summed E-state index contributed by atoms with van der Waals surface area (Å²) >= 11 is 0. The number of alkyl halides is 6. The second-order valence-corrected chi connectivity index (χ2v) is 7.25. The molecule has 0 unspecified atom stereocenters. The molecular formula is C14H7ClF6O3S. The van der Waals surface area contributed by atoms with Gasteiger partial charge in [-0.05, 0) is 35.4 Å². The topological polar surface area (TPSA) is 43.4 Å². The van der Waals surface area contributed by atoms with Gasteiger partial charge in [0.2, 0.25) is 0 Å². The lowest BCUT2D eigenvalue weighted by atomic mass is 10.0. The maximum Gasteiger partial charge on any atom is 0.573 e. The summed E-state index contributed by atoms with van der Waals surface area (Å²) in [7, 11) is 0.364. The van der Waals surface area contributed by atoms with Crippen molar-refractivity contribution in [3.8, 4) is 16.9 Å². The number of hydrogen-bond acceptors (Lipinski definition) is 3. The lowest BCUT2D eigenvalue weighted by Crippen LogP contribution is -2.16. The van der Waals surface area contributed by atoms with E-state index < -0.39 is 37.8 Å². The predicted octanol–water partition coefficient (Wildman–Crippen LogP) is 5.20. The molecule has 0 amide bonds. The van der Waals surface area contributed by atoms with Crippen LogP contribution in [0, 0.1) is 0 Å². The molecule has 0 saturated carbocycles. The third kappa shape index (κ3) is 5.02. The third-order valence-electron chi connectivity index (χ3n) is 2.97. The van der Waals surface area contributed by atoms with Crippen molar-refractivity contribution < 1.29 is 39.5 Å². The molecule has 0 spiro atoms. The first-order chi connectivity index (χ1) is 11.3. The van der Waals surface area contributed by atoms with Crippen molar-refractivity contribution >= 4 is 19.7 Å². The molecule has 0 radical (unpaired) electrons. The molecule has 136 valence electrons. The van der Waals surface area contributed by atoms with Crippen molar-refractivity contribution in [3.63, 3.8) is 0 Å². The van der Waals surface area contributed by atoms with Gasteiger partial charge in [-0.2, -0.15) is 13.2 Å². The molecule has 0 heterocycles. The minimum atomic E-state index is -4.99. The molecule has 2 aromatic carbocycles. The summed E-state index contributed by atoms with van der Waals surface area (Å²) in [5.41, 5.74) is -1.41. The van der Waals surface area contributed by atoms with Gasteiger partial charge in [0.15, 0.2) is 0 Å². The highest BCUT2D eigenvalue weighted by molar-refractivity contribution is 8.13. The second kappa shape index (κ2) is 6.41. The monoisotopic (exact) mass is 404 g/mol. The zero-order valence-corrected chi connectivity index (χ0v) is 13.4.